The van der Waals surface area contributed by atoms with Crippen LogP contribution in [0.5, 0.6) is 11.5 Å². The molecule has 0 spiro atoms. The first-order valence-corrected chi connectivity index (χ1v) is 7.54. The SMILES string of the molecule is COc1cc(CCN)cc(OC)c1SCCCC(F)(F)F. The monoisotopic (exact) mass is 323 g/mol. The van der Waals surface area contributed by atoms with Gasteiger partial charge in [0.25, 0.3) is 0 Å². The number of thioether (sulfide) groups is 1. The van der Waals surface area contributed by atoms with Crippen LogP contribution in [-0.2, 0) is 6.42 Å². The highest BCUT2D eigenvalue weighted by Gasteiger charge is 2.26. The molecule has 1 rings (SSSR count). The van der Waals surface area contributed by atoms with Gasteiger partial charge in [0.1, 0.15) is 11.5 Å². The molecule has 2 N–H and O–H groups in total. The Labute approximate surface area is 127 Å². The van der Waals surface area contributed by atoms with Gasteiger partial charge in [0, 0.05) is 6.42 Å². The molecule has 120 valence electrons. The van der Waals surface area contributed by atoms with Crippen molar-refractivity contribution in [3.63, 3.8) is 0 Å². The summed E-state index contributed by atoms with van der Waals surface area (Å²) in [5.74, 6) is 1.56. The van der Waals surface area contributed by atoms with Crippen LogP contribution < -0.4 is 15.2 Å². The Morgan fingerprint density at radius 1 is 1.14 bits per heavy atom. The van der Waals surface area contributed by atoms with Crippen LogP contribution in [0.25, 0.3) is 0 Å². The van der Waals surface area contributed by atoms with E-state index in [1.165, 1.54) is 26.0 Å². The summed E-state index contributed by atoms with van der Waals surface area (Å²) in [6.45, 7) is 0.504. The van der Waals surface area contributed by atoms with Crippen molar-refractivity contribution in [3.05, 3.63) is 17.7 Å². The van der Waals surface area contributed by atoms with Crippen molar-refractivity contribution in [3.8, 4) is 11.5 Å². The van der Waals surface area contributed by atoms with Crippen LogP contribution in [0, 0.1) is 0 Å². The fraction of sp³-hybridized carbons (Fsp3) is 0.571. The Bertz CT molecular complexity index is 427. The number of hydrogen-bond acceptors (Lipinski definition) is 4. The van der Waals surface area contributed by atoms with Crippen LogP contribution in [0.4, 0.5) is 13.2 Å². The minimum absolute atomic E-state index is 0.0605. The lowest BCUT2D eigenvalue weighted by Gasteiger charge is -2.15. The number of halogens is 3. The lowest BCUT2D eigenvalue weighted by Crippen LogP contribution is -2.07. The molecule has 0 heterocycles. The van der Waals surface area contributed by atoms with Gasteiger partial charge >= 0.3 is 6.18 Å². The van der Waals surface area contributed by atoms with E-state index in [9.17, 15) is 13.2 Å². The predicted octanol–water partition coefficient (Wildman–Crippen LogP) is 3.64. The molecule has 1 aromatic carbocycles. The molecule has 1 aromatic rings. The molecule has 0 aliphatic heterocycles. The summed E-state index contributed by atoms with van der Waals surface area (Å²) in [6.07, 6.45) is -4.15. The molecular formula is C14H20F3NO2S. The van der Waals surface area contributed by atoms with E-state index >= 15 is 0 Å². The van der Waals surface area contributed by atoms with Gasteiger partial charge in [-0.3, -0.25) is 0 Å². The average Bonchev–Trinajstić information content (AvgIpc) is 2.43. The normalized spacial score (nSPS) is 11.5. The van der Waals surface area contributed by atoms with Gasteiger partial charge in [-0.05, 0) is 42.8 Å². The Balaban J connectivity index is 2.79. The Morgan fingerprint density at radius 3 is 2.14 bits per heavy atom. The van der Waals surface area contributed by atoms with E-state index in [2.05, 4.69) is 0 Å². The fourth-order valence-corrected chi connectivity index (χ4v) is 2.90. The first-order valence-electron chi connectivity index (χ1n) is 6.55. The van der Waals surface area contributed by atoms with Crippen molar-refractivity contribution in [2.75, 3.05) is 26.5 Å². The van der Waals surface area contributed by atoms with Crippen molar-refractivity contribution in [2.45, 2.75) is 30.3 Å². The van der Waals surface area contributed by atoms with Gasteiger partial charge in [0.2, 0.25) is 0 Å². The number of nitrogens with two attached hydrogens (primary N) is 1. The van der Waals surface area contributed by atoms with E-state index in [-0.39, 0.29) is 6.42 Å². The first-order chi connectivity index (χ1) is 9.91. The third-order valence-electron chi connectivity index (χ3n) is 2.80. The zero-order chi connectivity index (χ0) is 15.9. The molecule has 0 aromatic heterocycles. The van der Waals surface area contributed by atoms with Crippen LogP contribution >= 0.6 is 11.8 Å². The molecule has 0 atom stereocenters. The molecule has 3 nitrogen and oxygen atoms in total. The minimum Gasteiger partial charge on any atom is -0.495 e. The topological polar surface area (TPSA) is 44.5 Å². The van der Waals surface area contributed by atoms with E-state index in [0.717, 1.165) is 10.5 Å². The molecule has 7 heteroatoms. The summed E-state index contributed by atoms with van der Waals surface area (Å²) in [5, 5.41) is 0. The number of hydrogen-bond donors (Lipinski definition) is 1. The third kappa shape index (κ3) is 6.05. The molecule has 0 amide bonds. The van der Waals surface area contributed by atoms with Gasteiger partial charge in [-0.1, -0.05) is 0 Å². The molecule has 0 fully saturated rings. The van der Waals surface area contributed by atoms with Crippen molar-refractivity contribution in [1.82, 2.24) is 0 Å². The van der Waals surface area contributed by atoms with E-state index in [1.807, 2.05) is 12.1 Å². The molecule has 0 unspecified atom stereocenters. The summed E-state index contributed by atoms with van der Waals surface area (Å²) in [4.78, 5) is 0.725. The quantitative estimate of drug-likeness (QED) is 0.586. The Kier molecular flexibility index (Phi) is 7.17. The molecule has 0 aliphatic rings. The fourth-order valence-electron chi connectivity index (χ4n) is 1.83. The summed E-state index contributed by atoms with van der Waals surface area (Å²) >= 11 is 1.31. The molecule has 0 saturated heterocycles. The van der Waals surface area contributed by atoms with Gasteiger partial charge < -0.3 is 15.2 Å². The van der Waals surface area contributed by atoms with Crippen molar-refractivity contribution in [1.29, 1.82) is 0 Å². The third-order valence-corrected chi connectivity index (χ3v) is 3.99. The second-order valence-electron chi connectivity index (χ2n) is 4.44. The number of alkyl halides is 3. The molecule has 0 saturated carbocycles. The highest BCUT2D eigenvalue weighted by molar-refractivity contribution is 7.99. The van der Waals surface area contributed by atoms with Gasteiger partial charge in [0.05, 0.1) is 19.1 Å². The molecule has 0 aliphatic carbocycles. The maximum atomic E-state index is 12.1. The van der Waals surface area contributed by atoms with Gasteiger partial charge in [0.15, 0.2) is 0 Å². The highest BCUT2D eigenvalue weighted by atomic mass is 32.2. The zero-order valence-corrected chi connectivity index (χ0v) is 12.9. The second-order valence-corrected chi connectivity index (χ2v) is 5.54. The van der Waals surface area contributed by atoms with E-state index in [4.69, 9.17) is 15.2 Å². The van der Waals surface area contributed by atoms with E-state index in [1.54, 1.807) is 0 Å². The highest BCUT2D eigenvalue weighted by Crippen LogP contribution is 2.40. The number of methoxy groups -OCH3 is 2. The Morgan fingerprint density at radius 2 is 1.71 bits per heavy atom. The van der Waals surface area contributed by atoms with Gasteiger partial charge in [-0.2, -0.15) is 13.2 Å². The number of benzene rings is 1. The van der Waals surface area contributed by atoms with Gasteiger partial charge in [-0.25, -0.2) is 0 Å². The largest absolute Gasteiger partial charge is 0.495 e. The maximum Gasteiger partial charge on any atom is 0.389 e. The first kappa shape index (κ1) is 18.0. The van der Waals surface area contributed by atoms with Crippen molar-refractivity contribution >= 4 is 11.8 Å². The lowest BCUT2D eigenvalue weighted by molar-refractivity contribution is -0.134. The van der Waals surface area contributed by atoms with Crippen LogP contribution in [-0.4, -0.2) is 32.7 Å². The van der Waals surface area contributed by atoms with E-state index < -0.39 is 12.6 Å². The molecule has 0 bridgehead atoms. The summed E-state index contributed by atoms with van der Waals surface area (Å²) in [7, 11) is 3.06. The second kappa shape index (κ2) is 8.38. The summed E-state index contributed by atoms with van der Waals surface area (Å²) in [5.41, 5.74) is 6.50. The van der Waals surface area contributed by atoms with Crippen LogP contribution in [0.15, 0.2) is 17.0 Å². The maximum absolute atomic E-state index is 12.1. The van der Waals surface area contributed by atoms with E-state index in [0.29, 0.717) is 30.2 Å². The lowest BCUT2D eigenvalue weighted by atomic mass is 10.1. The van der Waals surface area contributed by atoms with Crippen molar-refractivity contribution < 1.29 is 22.6 Å². The predicted molar refractivity (Wildman–Crippen MR) is 78.3 cm³/mol. The summed E-state index contributed by atoms with van der Waals surface area (Å²) < 4.78 is 47.0. The molecular weight excluding hydrogens is 303 g/mol. The number of ether oxygens (including phenoxy) is 2. The summed E-state index contributed by atoms with van der Waals surface area (Å²) in [6, 6.07) is 3.70. The van der Waals surface area contributed by atoms with Crippen LogP contribution in [0.1, 0.15) is 18.4 Å². The smallest absolute Gasteiger partial charge is 0.389 e. The zero-order valence-electron chi connectivity index (χ0n) is 12.1. The van der Waals surface area contributed by atoms with Crippen LogP contribution in [0.2, 0.25) is 0 Å². The van der Waals surface area contributed by atoms with Gasteiger partial charge in [-0.15, -0.1) is 11.8 Å². The number of rotatable bonds is 8. The standard InChI is InChI=1S/C14H20F3NO2S/c1-19-11-8-10(4-6-18)9-12(20-2)13(11)21-7-3-5-14(15,16)17/h8-9H,3-7,18H2,1-2H3. The molecule has 21 heavy (non-hydrogen) atoms. The van der Waals surface area contributed by atoms with Crippen LogP contribution in [0.3, 0.4) is 0 Å². The average molecular weight is 323 g/mol. The molecule has 0 radical (unpaired) electrons. The minimum atomic E-state index is -4.11. The van der Waals surface area contributed by atoms with Crippen molar-refractivity contribution in [2.24, 2.45) is 5.73 Å². The Hall–Kier alpha value is -1.08.